The minimum Gasteiger partial charge on any atom is -0.394 e. The van der Waals surface area contributed by atoms with Gasteiger partial charge in [-0.1, -0.05) is 0 Å². The fourth-order valence-corrected chi connectivity index (χ4v) is 2.26. The van der Waals surface area contributed by atoms with Gasteiger partial charge in [-0.25, -0.2) is 4.98 Å². The van der Waals surface area contributed by atoms with Crippen molar-refractivity contribution in [2.75, 3.05) is 30.9 Å². The van der Waals surface area contributed by atoms with Crippen molar-refractivity contribution in [3.05, 3.63) is 11.4 Å². The summed E-state index contributed by atoms with van der Waals surface area (Å²) in [5.41, 5.74) is 4.34. The lowest BCUT2D eigenvalue weighted by atomic mass is 10.0. The summed E-state index contributed by atoms with van der Waals surface area (Å²) in [7, 11) is 0. The van der Waals surface area contributed by atoms with Gasteiger partial charge in [-0.2, -0.15) is 4.98 Å². The molecular weight excluding hydrogens is 256 g/mol. The van der Waals surface area contributed by atoms with Crippen LogP contribution in [0, 0.1) is 0 Å². The maximum absolute atomic E-state index is 9.28. The molecule has 0 saturated carbocycles. The number of nitrogens with zero attached hydrogens (tertiary/aromatic N) is 2. The molecule has 2 heterocycles. The van der Waals surface area contributed by atoms with Gasteiger partial charge in [0, 0.05) is 0 Å². The van der Waals surface area contributed by atoms with E-state index in [1.54, 1.807) is 6.07 Å². The summed E-state index contributed by atoms with van der Waals surface area (Å²) >= 11 is 1.41. The molecule has 0 aromatic carbocycles. The van der Waals surface area contributed by atoms with Gasteiger partial charge in [-0.15, -0.1) is 11.3 Å². The van der Waals surface area contributed by atoms with Crippen molar-refractivity contribution in [3.63, 3.8) is 0 Å². The molecule has 98 valence electrons. The molecule has 2 aromatic heterocycles. The Kier molecular flexibility index (Phi) is 3.62. The highest BCUT2D eigenvalue weighted by Crippen LogP contribution is 2.27. The SMILES string of the molecule is Nc1nc(NC(CO)(CO)CO)c2ccsc2n1. The third-order valence-corrected chi connectivity index (χ3v) is 3.44. The largest absolute Gasteiger partial charge is 0.394 e. The minimum absolute atomic E-state index is 0.0927. The van der Waals surface area contributed by atoms with Gasteiger partial charge < -0.3 is 26.4 Å². The summed E-state index contributed by atoms with van der Waals surface area (Å²) in [6, 6.07) is 1.80. The molecule has 8 heteroatoms. The molecule has 0 bridgehead atoms. The van der Waals surface area contributed by atoms with Crippen molar-refractivity contribution in [2.45, 2.75) is 5.54 Å². The molecule has 18 heavy (non-hydrogen) atoms. The number of hydrogen-bond donors (Lipinski definition) is 5. The van der Waals surface area contributed by atoms with Crippen LogP contribution in [0.3, 0.4) is 0 Å². The second-order valence-corrected chi connectivity index (χ2v) is 4.84. The van der Waals surface area contributed by atoms with Gasteiger partial charge in [0.2, 0.25) is 5.95 Å². The van der Waals surface area contributed by atoms with Crippen molar-refractivity contribution < 1.29 is 15.3 Å². The van der Waals surface area contributed by atoms with E-state index in [1.165, 1.54) is 11.3 Å². The van der Waals surface area contributed by atoms with Crippen molar-refractivity contribution in [3.8, 4) is 0 Å². The molecule has 0 spiro atoms. The highest BCUT2D eigenvalue weighted by atomic mass is 32.1. The Labute approximate surface area is 107 Å². The number of nitrogen functional groups attached to an aromatic ring is 1. The van der Waals surface area contributed by atoms with E-state index in [0.29, 0.717) is 10.6 Å². The molecule has 6 N–H and O–H groups in total. The standard InChI is InChI=1S/C10H14N4O3S/c11-9-12-7(6-1-2-18-8(6)13-9)14-10(3-15,4-16)5-17/h1-2,15-17H,3-5H2,(H3,11,12,13,14). The summed E-state index contributed by atoms with van der Waals surface area (Å²) < 4.78 is 0. The first-order chi connectivity index (χ1) is 8.64. The van der Waals surface area contributed by atoms with E-state index < -0.39 is 25.4 Å². The van der Waals surface area contributed by atoms with Crippen LogP contribution in [0.15, 0.2) is 11.4 Å². The van der Waals surface area contributed by atoms with Gasteiger partial charge in [-0.3, -0.25) is 0 Å². The molecule has 0 saturated heterocycles. The van der Waals surface area contributed by atoms with E-state index in [-0.39, 0.29) is 5.95 Å². The van der Waals surface area contributed by atoms with Crippen molar-refractivity contribution in [2.24, 2.45) is 0 Å². The molecule has 0 unspecified atom stereocenters. The summed E-state index contributed by atoms with van der Waals surface area (Å²) in [5, 5.41) is 33.2. The number of aliphatic hydroxyl groups excluding tert-OH is 3. The predicted octanol–water partition coefficient (Wildman–Crippen LogP) is -0.599. The quantitative estimate of drug-likeness (QED) is 0.491. The topological polar surface area (TPSA) is 125 Å². The number of thiophene rings is 1. The van der Waals surface area contributed by atoms with Crippen LogP contribution in [0.2, 0.25) is 0 Å². The van der Waals surface area contributed by atoms with Crippen molar-refractivity contribution in [1.29, 1.82) is 0 Å². The number of aromatic nitrogens is 2. The maximum Gasteiger partial charge on any atom is 0.223 e. The molecule has 0 aliphatic carbocycles. The third kappa shape index (κ3) is 2.23. The molecule has 7 nitrogen and oxygen atoms in total. The van der Waals surface area contributed by atoms with E-state index in [1.807, 2.05) is 5.38 Å². The number of nitrogens with two attached hydrogens (primary N) is 1. The predicted molar refractivity (Wildman–Crippen MR) is 69.4 cm³/mol. The van der Waals surface area contributed by atoms with Gasteiger partial charge in [0.15, 0.2) is 0 Å². The van der Waals surface area contributed by atoms with Crippen molar-refractivity contribution >= 4 is 33.3 Å². The molecule has 0 aliphatic rings. The highest BCUT2D eigenvalue weighted by molar-refractivity contribution is 7.16. The lowest BCUT2D eigenvalue weighted by Gasteiger charge is -2.29. The first-order valence-electron chi connectivity index (χ1n) is 5.25. The molecular formula is C10H14N4O3S. The molecule has 2 aromatic rings. The van der Waals surface area contributed by atoms with Gasteiger partial charge in [0.25, 0.3) is 0 Å². The molecule has 0 aliphatic heterocycles. The normalized spacial score (nSPS) is 11.9. The van der Waals surface area contributed by atoms with Gasteiger partial charge >= 0.3 is 0 Å². The molecule has 0 amide bonds. The zero-order valence-electron chi connectivity index (χ0n) is 9.50. The third-order valence-electron chi connectivity index (χ3n) is 2.63. The van der Waals surface area contributed by atoms with Crippen LogP contribution in [-0.2, 0) is 0 Å². The first kappa shape index (κ1) is 13.0. The first-order valence-corrected chi connectivity index (χ1v) is 6.13. The molecule has 0 fully saturated rings. The monoisotopic (exact) mass is 270 g/mol. The Balaban J connectivity index is 2.44. The van der Waals surface area contributed by atoms with Crippen LogP contribution < -0.4 is 11.1 Å². The molecule has 2 rings (SSSR count). The Morgan fingerprint density at radius 3 is 2.50 bits per heavy atom. The maximum atomic E-state index is 9.28. The number of hydrogen-bond acceptors (Lipinski definition) is 8. The number of fused-ring (bicyclic) bond motifs is 1. The van der Waals surface area contributed by atoms with Crippen LogP contribution in [0.5, 0.6) is 0 Å². The zero-order valence-corrected chi connectivity index (χ0v) is 10.3. The van der Waals surface area contributed by atoms with Crippen LogP contribution in [0.25, 0.3) is 10.2 Å². The zero-order chi connectivity index (χ0) is 13.2. The number of nitrogens with one attached hydrogen (secondary N) is 1. The fourth-order valence-electron chi connectivity index (χ4n) is 1.49. The van der Waals surface area contributed by atoms with Crippen LogP contribution >= 0.6 is 11.3 Å². The summed E-state index contributed by atoms with van der Waals surface area (Å²) in [6.07, 6.45) is 0. The second kappa shape index (κ2) is 5.02. The van der Waals surface area contributed by atoms with Crippen molar-refractivity contribution in [1.82, 2.24) is 9.97 Å². The molecule has 0 atom stereocenters. The average molecular weight is 270 g/mol. The van der Waals surface area contributed by atoms with Crippen LogP contribution in [-0.4, -0.2) is 50.6 Å². The van der Waals surface area contributed by atoms with Gasteiger partial charge in [0.05, 0.1) is 25.2 Å². The average Bonchev–Trinajstić information content (AvgIpc) is 2.84. The Bertz CT molecular complexity index is 533. The summed E-state index contributed by atoms with van der Waals surface area (Å²) in [4.78, 5) is 8.79. The highest BCUT2D eigenvalue weighted by Gasteiger charge is 2.29. The van der Waals surface area contributed by atoms with Gasteiger partial charge in [0.1, 0.15) is 16.2 Å². The van der Waals surface area contributed by atoms with Gasteiger partial charge in [-0.05, 0) is 11.4 Å². The van der Waals surface area contributed by atoms with E-state index in [9.17, 15) is 15.3 Å². The smallest absolute Gasteiger partial charge is 0.223 e. The number of aliphatic hydroxyl groups is 3. The summed E-state index contributed by atoms with van der Waals surface area (Å²) in [6.45, 7) is -1.30. The van der Waals surface area contributed by atoms with E-state index >= 15 is 0 Å². The number of anilines is 2. The number of rotatable bonds is 5. The minimum atomic E-state index is -1.24. The summed E-state index contributed by atoms with van der Waals surface area (Å²) in [5.74, 6) is 0.478. The van der Waals surface area contributed by atoms with Crippen LogP contribution in [0.4, 0.5) is 11.8 Å². The van der Waals surface area contributed by atoms with E-state index in [0.717, 1.165) is 5.39 Å². The van der Waals surface area contributed by atoms with E-state index in [2.05, 4.69) is 15.3 Å². The Morgan fingerprint density at radius 1 is 1.22 bits per heavy atom. The Hall–Kier alpha value is -1.48. The lowest BCUT2D eigenvalue weighted by Crippen LogP contribution is -2.49. The van der Waals surface area contributed by atoms with Crippen LogP contribution in [0.1, 0.15) is 0 Å². The fraction of sp³-hybridized carbons (Fsp3) is 0.400. The molecule has 0 radical (unpaired) electrons. The Morgan fingerprint density at radius 2 is 1.89 bits per heavy atom. The lowest BCUT2D eigenvalue weighted by molar-refractivity contribution is 0.0832. The second-order valence-electron chi connectivity index (χ2n) is 3.95. The van der Waals surface area contributed by atoms with E-state index in [4.69, 9.17) is 5.73 Å².